The Morgan fingerprint density at radius 3 is 2.14 bits per heavy atom. The lowest BCUT2D eigenvalue weighted by Crippen LogP contribution is -2.29. The van der Waals surface area contributed by atoms with Gasteiger partial charge in [0, 0.05) is 7.05 Å². The van der Waals surface area contributed by atoms with Crippen LogP contribution < -0.4 is 0 Å². The molecule has 2 aromatic carbocycles. The topological polar surface area (TPSA) is 68.2 Å². The van der Waals surface area contributed by atoms with Crippen molar-refractivity contribution in [1.82, 2.24) is 4.90 Å². The summed E-state index contributed by atoms with van der Waals surface area (Å²) in [5, 5.41) is 0. The van der Waals surface area contributed by atoms with Crippen molar-refractivity contribution in [2.45, 2.75) is 18.9 Å². The Labute approximate surface area is 171 Å². The van der Waals surface area contributed by atoms with Crippen LogP contribution in [-0.2, 0) is 19.1 Å². The summed E-state index contributed by atoms with van der Waals surface area (Å²) >= 11 is 0. The van der Waals surface area contributed by atoms with E-state index >= 15 is 0 Å². The molecule has 1 unspecified atom stereocenters. The van der Waals surface area contributed by atoms with Gasteiger partial charge in [-0.2, -0.15) is 0 Å². The molecule has 2 rings (SSSR count). The third kappa shape index (κ3) is 5.78. The molecule has 0 amide bonds. The van der Waals surface area contributed by atoms with E-state index in [4.69, 9.17) is 9.47 Å². The molecule has 0 N–H and O–H groups in total. The van der Waals surface area contributed by atoms with Gasteiger partial charge in [0.1, 0.15) is 18.2 Å². The van der Waals surface area contributed by atoms with Gasteiger partial charge in [0.2, 0.25) is 0 Å². The minimum Gasteiger partial charge on any atom is -0.468 e. The highest BCUT2D eigenvalue weighted by molar-refractivity contribution is 5.88. The Balaban J connectivity index is 2.15. The first-order valence-corrected chi connectivity index (χ1v) is 9.23. The van der Waals surface area contributed by atoms with Crippen molar-refractivity contribution >= 4 is 18.7 Å². The lowest BCUT2D eigenvalue weighted by molar-refractivity contribution is -0.148. The zero-order valence-electron chi connectivity index (χ0n) is 16.9. The first kappa shape index (κ1) is 21.9. The van der Waals surface area contributed by atoms with Crippen LogP contribution in [0.2, 0.25) is 0 Å². The summed E-state index contributed by atoms with van der Waals surface area (Å²) in [6, 6.07) is 18.7. The number of carbonyl (C=O) groups is 2. The van der Waals surface area contributed by atoms with Gasteiger partial charge < -0.3 is 14.4 Å². The van der Waals surface area contributed by atoms with Crippen LogP contribution in [0.4, 0.5) is 0 Å². The van der Waals surface area contributed by atoms with E-state index in [1.165, 1.54) is 13.3 Å². The average molecular weight is 394 g/mol. The number of methoxy groups -OCH3 is 1. The SMILES string of the molecule is C=N/C=C(/C(=O)OCC(C(=O)OC)c1ccccc1)N(C)[C@H](C)c1ccccc1. The molecule has 0 bridgehead atoms. The summed E-state index contributed by atoms with van der Waals surface area (Å²) in [7, 11) is 3.09. The van der Waals surface area contributed by atoms with Crippen LogP contribution in [-0.4, -0.2) is 44.3 Å². The predicted molar refractivity (Wildman–Crippen MR) is 112 cm³/mol. The van der Waals surface area contributed by atoms with E-state index in [0.717, 1.165) is 5.56 Å². The van der Waals surface area contributed by atoms with Gasteiger partial charge in [-0.15, -0.1) is 0 Å². The smallest absolute Gasteiger partial charge is 0.356 e. The van der Waals surface area contributed by atoms with E-state index < -0.39 is 17.9 Å². The number of carbonyl (C=O) groups excluding carboxylic acids is 2. The molecule has 0 aliphatic rings. The van der Waals surface area contributed by atoms with Crippen molar-refractivity contribution in [3.8, 4) is 0 Å². The average Bonchev–Trinajstić information content (AvgIpc) is 2.77. The quantitative estimate of drug-likeness (QED) is 0.368. The summed E-state index contributed by atoms with van der Waals surface area (Å²) in [5.41, 5.74) is 1.99. The molecular formula is C23H26N2O4. The maximum Gasteiger partial charge on any atom is 0.356 e. The van der Waals surface area contributed by atoms with E-state index in [2.05, 4.69) is 11.7 Å². The normalized spacial score (nSPS) is 13.1. The molecule has 0 fully saturated rings. The number of nitrogens with zero attached hydrogens (tertiary/aromatic N) is 2. The lowest BCUT2D eigenvalue weighted by atomic mass is 10.0. The molecular weight excluding hydrogens is 368 g/mol. The first-order chi connectivity index (χ1) is 14.0. The Morgan fingerprint density at radius 1 is 1.07 bits per heavy atom. The van der Waals surface area contributed by atoms with Crippen molar-refractivity contribution in [1.29, 1.82) is 0 Å². The van der Waals surface area contributed by atoms with Gasteiger partial charge in [0.15, 0.2) is 0 Å². The predicted octanol–water partition coefficient (Wildman–Crippen LogP) is 3.72. The summed E-state index contributed by atoms with van der Waals surface area (Å²) in [5.74, 6) is -1.77. The molecule has 2 aromatic rings. The molecule has 0 aromatic heterocycles. The number of likely N-dealkylation sites (N-methyl/N-ethyl adjacent to an activating group) is 1. The van der Waals surface area contributed by atoms with E-state index in [-0.39, 0.29) is 18.3 Å². The molecule has 29 heavy (non-hydrogen) atoms. The second-order valence-electron chi connectivity index (χ2n) is 6.48. The summed E-state index contributed by atoms with van der Waals surface area (Å²) in [6.07, 6.45) is 1.36. The monoisotopic (exact) mass is 394 g/mol. The molecule has 0 saturated carbocycles. The van der Waals surface area contributed by atoms with Gasteiger partial charge in [-0.3, -0.25) is 9.79 Å². The number of esters is 2. The van der Waals surface area contributed by atoms with Crippen molar-refractivity contribution in [2.24, 2.45) is 4.99 Å². The van der Waals surface area contributed by atoms with Gasteiger partial charge >= 0.3 is 11.9 Å². The second kappa shape index (κ2) is 10.8. The van der Waals surface area contributed by atoms with Gasteiger partial charge in [0.25, 0.3) is 0 Å². The Morgan fingerprint density at radius 2 is 1.62 bits per heavy atom. The standard InChI is InChI=1S/C23H26N2O4/c1-17(18-11-7-5-8-12-18)25(3)21(15-24-2)23(27)29-16-20(22(26)28-4)19-13-9-6-10-14-19/h5-15,17,20H,2,16H2,1,3-4H3/b21-15-/t17-,20?/m1/s1. The number of hydrogen-bond donors (Lipinski definition) is 0. The fraction of sp³-hybridized carbons (Fsp3) is 0.261. The van der Waals surface area contributed by atoms with Crippen LogP contribution in [0.3, 0.4) is 0 Å². The first-order valence-electron chi connectivity index (χ1n) is 9.23. The molecule has 6 nitrogen and oxygen atoms in total. The number of rotatable bonds is 9. The van der Waals surface area contributed by atoms with E-state index in [9.17, 15) is 9.59 Å². The van der Waals surface area contributed by atoms with Crippen LogP contribution in [0.15, 0.2) is 77.6 Å². The zero-order chi connectivity index (χ0) is 21.2. The number of hydrogen-bond acceptors (Lipinski definition) is 6. The molecule has 2 atom stereocenters. The third-order valence-electron chi connectivity index (χ3n) is 4.73. The van der Waals surface area contributed by atoms with Crippen LogP contribution in [0.1, 0.15) is 30.0 Å². The summed E-state index contributed by atoms with van der Waals surface area (Å²) in [6.45, 7) is 5.28. The highest BCUT2D eigenvalue weighted by Gasteiger charge is 2.26. The van der Waals surface area contributed by atoms with Gasteiger partial charge in [-0.25, -0.2) is 4.79 Å². The maximum atomic E-state index is 12.8. The molecule has 0 radical (unpaired) electrons. The lowest BCUT2D eigenvalue weighted by Gasteiger charge is -2.28. The van der Waals surface area contributed by atoms with Crippen molar-refractivity contribution < 1.29 is 19.1 Å². The van der Waals surface area contributed by atoms with Gasteiger partial charge in [-0.05, 0) is 24.8 Å². The van der Waals surface area contributed by atoms with Crippen molar-refractivity contribution in [3.05, 3.63) is 83.7 Å². The fourth-order valence-electron chi connectivity index (χ4n) is 2.90. The minimum absolute atomic E-state index is 0.0951. The van der Waals surface area contributed by atoms with Crippen molar-refractivity contribution in [2.75, 3.05) is 20.8 Å². The molecule has 0 aliphatic carbocycles. The largest absolute Gasteiger partial charge is 0.468 e. The van der Waals surface area contributed by atoms with E-state index in [1.54, 1.807) is 24.1 Å². The van der Waals surface area contributed by atoms with E-state index in [0.29, 0.717) is 5.56 Å². The van der Waals surface area contributed by atoms with Gasteiger partial charge in [-0.1, -0.05) is 60.7 Å². The molecule has 0 saturated heterocycles. The molecule has 0 spiro atoms. The minimum atomic E-state index is -0.708. The number of benzene rings is 2. The van der Waals surface area contributed by atoms with Crippen LogP contribution in [0, 0.1) is 0 Å². The molecule has 0 heterocycles. The highest BCUT2D eigenvalue weighted by atomic mass is 16.5. The molecule has 0 aliphatic heterocycles. The summed E-state index contributed by atoms with van der Waals surface area (Å²) in [4.78, 5) is 30.5. The van der Waals surface area contributed by atoms with Crippen LogP contribution in [0.25, 0.3) is 0 Å². The second-order valence-corrected chi connectivity index (χ2v) is 6.48. The zero-order valence-corrected chi connectivity index (χ0v) is 16.9. The van der Waals surface area contributed by atoms with Crippen molar-refractivity contribution in [3.63, 3.8) is 0 Å². The number of ether oxygens (including phenoxy) is 2. The Hall–Kier alpha value is -3.41. The fourth-order valence-corrected chi connectivity index (χ4v) is 2.90. The maximum absolute atomic E-state index is 12.8. The van der Waals surface area contributed by atoms with Crippen LogP contribution >= 0.6 is 0 Å². The highest BCUT2D eigenvalue weighted by Crippen LogP contribution is 2.24. The number of aliphatic imine (C=N–C) groups is 1. The third-order valence-corrected chi connectivity index (χ3v) is 4.73. The Bertz CT molecular complexity index is 850. The molecule has 6 heteroatoms. The summed E-state index contributed by atoms with van der Waals surface area (Å²) < 4.78 is 10.3. The Kier molecular flexibility index (Phi) is 8.15. The van der Waals surface area contributed by atoms with Crippen LogP contribution in [0.5, 0.6) is 0 Å². The molecule has 152 valence electrons. The van der Waals surface area contributed by atoms with Gasteiger partial charge in [0.05, 0.1) is 19.4 Å². The van der Waals surface area contributed by atoms with E-state index in [1.807, 2.05) is 55.5 Å².